The summed E-state index contributed by atoms with van der Waals surface area (Å²) < 4.78 is 0. The van der Waals surface area contributed by atoms with E-state index < -0.39 is 60.2 Å². The molecule has 3 rings (SSSR count). The highest BCUT2D eigenvalue weighted by atomic mass is 16.4. The third kappa shape index (κ3) is 9.83. The molecule has 0 saturated heterocycles. The summed E-state index contributed by atoms with van der Waals surface area (Å²) in [4.78, 5) is 76.8. The number of para-hydroxylation sites is 1. The number of rotatable bonds is 17. The Morgan fingerprint density at radius 2 is 1.57 bits per heavy atom. The van der Waals surface area contributed by atoms with Crippen molar-refractivity contribution in [2.45, 2.75) is 56.3 Å². The molecular formula is C27H37N11O6. The minimum atomic E-state index is -1.31. The average molecular weight is 612 g/mol. The molecule has 17 nitrogen and oxygen atoms in total. The van der Waals surface area contributed by atoms with Crippen LogP contribution in [0.3, 0.4) is 0 Å². The first-order valence-corrected chi connectivity index (χ1v) is 13.7. The molecule has 2 heterocycles. The number of nitrogens with zero attached hydrogens (tertiary/aromatic N) is 2. The number of nitrogens with two attached hydrogens (primary N) is 4. The van der Waals surface area contributed by atoms with Gasteiger partial charge in [-0.25, -0.2) is 9.78 Å². The normalized spacial score (nSPS) is 13.7. The van der Waals surface area contributed by atoms with E-state index >= 15 is 0 Å². The molecule has 0 fully saturated rings. The zero-order chi connectivity index (χ0) is 32.2. The van der Waals surface area contributed by atoms with Crippen molar-refractivity contribution in [2.75, 3.05) is 6.54 Å². The Hall–Kier alpha value is -5.45. The van der Waals surface area contributed by atoms with E-state index in [1.165, 1.54) is 12.5 Å². The van der Waals surface area contributed by atoms with E-state index in [4.69, 9.17) is 22.9 Å². The molecule has 17 heteroatoms. The summed E-state index contributed by atoms with van der Waals surface area (Å²) in [6, 6.07) is 2.20. The van der Waals surface area contributed by atoms with Crippen LogP contribution < -0.4 is 38.9 Å². The molecule has 4 unspecified atom stereocenters. The molecule has 0 aliphatic carbocycles. The number of primary amides is 1. The van der Waals surface area contributed by atoms with Crippen molar-refractivity contribution in [2.24, 2.45) is 27.9 Å². The maximum Gasteiger partial charge on any atom is 0.326 e. The number of aliphatic imine (C=N–C) groups is 1. The van der Waals surface area contributed by atoms with Crippen molar-refractivity contribution in [3.63, 3.8) is 0 Å². The molecule has 1 aromatic carbocycles. The third-order valence-corrected chi connectivity index (χ3v) is 6.66. The van der Waals surface area contributed by atoms with Crippen LogP contribution in [0.5, 0.6) is 0 Å². The SMILES string of the molecule is NC(=O)CC(N)C(=O)NC(Cc1cnc[nH]1)C(=O)NC(Cc1c[nH]c2ccccc12)C(=O)NC(CCCN=C(N)N)C(=O)O. The Morgan fingerprint density at radius 1 is 0.909 bits per heavy atom. The largest absolute Gasteiger partial charge is 0.480 e. The van der Waals surface area contributed by atoms with Gasteiger partial charge in [-0.05, 0) is 24.5 Å². The topological polar surface area (TPSA) is 303 Å². The second-order valence-corrected chi connectivity index (χ2v) is 10.1. The van der Waals surface area contributed by atoms with Gasteiger partial charge in [-0.3, -0.25) is 24.2 Å². The number of benzene rings is 1. The highest BCUT2D eigenvalue weighted by Crippen LogP contribution is 2.19. The van der Waals surface area contributed by atoms with Crippen LogP contribution in [0.15, 0.2) is 48.0 Å². The first kappa shape index (κ1) is 33.1. The molecule has 0 aliphatic rings. The summed E-state index contributed by atoms with van der Waals surface area (Å²) >= 11 is 0. The Kier molecular flexibility index (Phi) is 11.8. The molecule has 0 radical (unpaired) electrons. The lowest BCUT2D eigenvalue weighted by Gasteiger charge is -2.25. The van der Waals surface area contributed by atoms with Gasteiger partial charge in [0.15, 0.2) is 5.96 Å². The maximum absolute atomic E-state index is 13.6. The fourth-order valence-corrected chi connectivity index (χ4v) is 4.45. The van der Waals surface area contributed by atoms with Gasteiger partial charge < -0.3 is 54.0 Å². The number of H-pyrrole nitrogens is 2. The Bertz CT molecular complexity index is 1480. The number of carboxylic acids is 1. The lowest BCUT2D eigenvalue weighted by atomic mass is 10.0. The highest BCUT2D eigenvalue weighted by Gasteiger charge is 2.31. The zero-order valence-electron chi connectivity index (χ0n) is 23.8. The maximum atomic E-state index is 13.6. The summed E-state index contributed by atoms with van der Waals surface area (Å²) in [6.07, 6.45) is 4.27. The van der Waals surface area contributed by atoms with Crippen molar-refractivity contribution in [1.29, 1.82) is 0 Å². The molecular weight excluding hydrogens is 574 g/mol. The van der Waals surface area contributed by atoms with Gasteiger partial charge in [0.25, 0.3) is 0 Å². The molecule has 14 N–H and O–H groups in total. The van der Waals surface area contributed by atoms with Gasteiger partial charge in [0.05, 0.1) is 18.8 Å². The number of carboxylic acid groups (broad SMARTS) is 1. The van der Waals surface area contributed by atoms with Gasteiger partial charge in [0.1, 0.15) is 18.1 Å². The lowest BCUT2D eigenvalue weighted by molar-refractivity contribution is -0.142. The fourth-order valence-electron chi connectivity index (χ4n) is 4.45. The molecule has 236 valence electrons. The number of carbonyl (C=O) groups is 5. The second kappa shape index (κ2) is 15.7. The molecule has 0 bridgehead atoms. The van der Waals surface area contributed by atoms with Crippen molar-refractivity contribution in [3.05, 3.63) is 54.2 Å². The predicted octanol–water partition coefficient (Wildman–Crippen LogP) is -2.53. The first-order chi connectivity index (χ1) is 20.9. The number of amides is 4. The number of nitrogens with one attached hydrogen (secondary N) is 5. The number of fused-ring (bicyclic) bond motifs is 1. The molecule has 0 saturated carbocycles. The Balaban J connectivity index is 1.85. The van der Waals surface area contributed by atoms with Gasteiger partial charge in [-0.2, -0.15) is 0 Å². The third-order valence-electron chi connectivity index (χ3n) is 6.66. The van der Waals surface area contributed by atoms with Crippen molar-refractivity contribution >= 4 is 46.5 Å². The molecule has 0 aliphatic heterocycles. The standard InChI is InChI=1S/C27H37N11O6/c28-17(10-22(29)39)23(40)37-21(9-15-12-32-13-35-15)25(42)38-20(8-14-11-34-18-5-2-1-4-16(14)18)24(41)36-19(26(43)44)6-3-7-33-27(30)31/h1-2,4-5,11-13,17,19-21,34H,3,6-10,28H2,(H2,29,39)(H,32,35)(H,36,41)(H,37,40)(H,38,42)(H,43,44)(H4,30,31,33). The van der Waals surface area contributed by atoms with Crippen LogP contribution in [0.4, 0.5) is 0 Å². The summed E-state index contributed by atoms with van der Waals surface area (Å²) in [5, 5.41) is 18.2. The highest BCUT2D eigenvalue weighted by molar-refractivity contribution is 5.95. The predicted molar refractivity (Wildman–Crippen MR) is 159 cm³/mol. The smallest absolute Gasteiger partial charge is 0.326 e. The second-order valence-electron chi connectivity index (χ2n) is 10.1. The monoisotopic (exact) mass is 611 g/mol. The zero-order valence-corrected chi connectivity index (χ0v) is 23.8. The summed E-state index contributed by atoms with van der Waals surface area (Å²) in [5.74, 6) is -4.58. The number of hydrogen-bond donors (Lipinski definition) is 10. The van der Waals surface area contributed by atoms with E-state index in [0.717, 1.165) is 10.9 Å². The lowest BCUT2D eigenvalue weighted by Crippen LogP contribution is -2.58. The number of aromatic amines is 2. The van der Waals surface area contributed by atoms with Crippen LogP contribution in [-0.2, 0) is 36.8 Å². The number of guanidine groups is 1. The summed E-state index contributed by atoms with van der Waals surface area (Å²) in [7, 11) is 0. The van der Waals surface area contributed by atoms with Crippen molar-refractivity contribution in [1.82, 2.24) is 30.9 Å². The fraction of sp³-hybridized carbons (Fsp3) is 0.370. The van der Waals surface area contributed by atoms with E-state index in [9.17, 15) is 29.1 Å². The van der Waals surface area contributed by atoms with E-state index in [-0.39, 0.29) is 38.2 Å². The van der Waals surface area contributed by atoms with Crippen LogP contribution >= 0.6 is 0 Å². The Morgan fingerprint density at radius 3 is 2.20 bits per heavy atom. The van der Waals surface area contributed by atoms with Crippen molar-refractivity contribution in [3.8, 4) is 0 Å². The van der Waals surface area contributed by atoms with Gasteiger partial charge >= 0.3 is 5.97 Å². The van der Waals surface area contributed by atoms with E-state index in [1.807, 2.05) is 24.3 Å². The molecule has 0 spiro atoms. The molecule has 4 atom stereocenters. The van der Waals surface area contributed by atoms with Gasteiger partial charge in [0, 0.05) is 48.4 Å². The van der Waals surface area contributed by atoms with Gasteiger partial charge in [-0.1, -0.05) is 18.2 Å². The van der Waals surface area contributed by atoms with E-state index in [0.29, 0.717) is 11.3 Å². The minimum Gasteiger partial charge on any atom is -0.480 e. The molecule has 4 amide bonds. The molecule has 2 aromatic heterocycles. The van der Waals surface area contributed by atoms with Crippen molar-refractivity contribution < 1.29 is 29.1 Å². The number of carbonyl (C=O) groups excluding carboxylic acids is 4. The Labute approximate surface area is 251 Å². The number of hydrogen-bond acceptors (Lipinski definition) is 8. The number of imidazole rings is 1. The van der Waals surface area contributed by atoms with E-state index in [1.54, 1.807) is 6.20 Å². The summed E-state index contributed by atoms with van der Waals surface area (Å²) in [6.45, 7) is 0.157. The van der Waals surface area contributed by atoms with Crippen LogP contribution in [0, 0.1) is 0 Å². The first-order valence-electron chi connectivity index (χ1n) is 13.7. The average Bonchev–Trinajstić information content (AvgIpc) is 3.63. The number of aliphatic carboxylic acids is 1. The van der Waals surface area contributed by atoms with Crippen LogP contribution in [0.2, 0.25) is 0 Å². The van der Waals surface area contributed by atoms with E-state index in [2.05, 4.69) is 35.9 Å². The molecule has 3 aromatic rings. The molecule has 44 heavy (non-hydrogen) atoms. The minimum absolute atomic E-state index is 0.0157. The number of aromatic nitrogens is 3. The van der Waals surface area contributed by atoms with Crippen LogP contribution in [0.1, 0.15) is 30.5 Å². The van der Waals surface area contributed by atoms with Crippen LogP contribution in [-0.4, -0.2) is 86.3 Å². The van der Waals surface area contributed by atoms with Gasteiger partial charge in [-0.15, -0.1) is 0 Å². The van der Waals surface area contributed by atoms with Gasteiger partial charge in [0.2, 0.25) is 23.6 Å². The quantitative estimate of drug-likeness (QED) is 0.0433. The summed E-state index contributed by atoms with van der Waals surface area (Å²) in [5.41, 5.74) is 23.5. The van der Waals surface area contributed by atoms with Crippen LogP contribution in [0.25, 0.3) is 10.9 Å².